The van der Waals surface area contributed by atoms with Crippen molar-refractivity contribution < 1.29 is 34.3 Å². The zero-order valence-corrected chi connectivity index (χ0v) is 24.4. The molecule has 0 spiro atoms. The molecule has 1 heterocycles. The first-order valence-electron chi connectivity index (χ1n) is 15.1. The van der Waals surface area contributed by atoms with Crippen LogP contribution in [0.15, 0.2) is 84.9 Å². The van der Waals surface area contributed by atoms with Crippen LogP contribution < -0.4 is 17.2 Å². The SMILES string of the molecule is NC1[C@H](O[C@H]2C(N)C[C@@H](N)C(O)[C@H]2OCc2ccc3ccccc3c2)OC(CO)[C@H](O)[C@@H]1OCc1ccc2ccccc2c1. The van der Waals surface area contributed by atoms with Gasteiger partial charge >= 0.3 is 0 Å². The Labute approximate surface area is 256 Å². The quantitative estimate of drug-likeness (QED) is 0.165. The van der Waals surface area contributed by atoms with Gasteiger partial charge in [0.2, 0.25) is 0 Å². The summed E-state index contributed by atoms with van der Waals surface area (Å²) in [6.07, 6.45) is -6.72. The van der Waals surface area contributed by atoms with Gasteiger partial charge in [0.25, 0.3) is 0 Å². The summed E-state index contributed by atoms with van der Waals surface area (Å²) >= 11 is 0. The van der Waals surface area contributed by atoms with Crippen molar-refractivity contribution in [3.05, 3.63) is 96.1 Å². The molecule has 0 amide bonds. The molecule has 1 aliphatic carbocycles. The smallest absolute Gasteiger partial charge is 0.176 e. The lowest BCUT2D eigenvalue weighted by molar-refractivity contribution is -0.302. The number of benzene rings is 4. The Morgan fingerprint density at radius 2 is 1.20 bits per heavy atom. The van der Waals surface area contributed by atoms with Gasteiger partial charge < -0.3 is 51.5 Å². The molecule has 9 N–H and O–H groups in total. The van der Waals surface area contributed by atoms with Crippen LogP contribution in [0, 0.1) is 0 Å². The molecule has 4 aromatic carbocycles. The van der Waals surface area contributed by atoms with E-state index in [0.29, 0.717) is 0 Å². The van der Waals surface area contributed by atoms with E-state index in [-0.39, 0.29) is 19.6 Å². The van der Waals surface area contributed by atoms with Gasteiger partial charge in [0.05, 0.1) is 32.0 Å². The maximum atomic E-state index is 11.1. The molecule has 10 nitrogen and oxygen atoms in total. The van der Waals surface area contributed by atoms with Crippen LogP contribution >= 0.6 is 0 Å². The van der Waals surface area contributed by atoms with Gasteiger partial charge in [0, 0.05) is 12.1 Å². The molecular formula is C34H41N3O7. The second-order valence-corrected chi connectivity index (χ2v) is 11.9. The Hall–Kier alpha value is -3.00. The average Bonchev–Trinajstić information content (AvgIpc) is 3.04. The molecule has 10 heteroatoms. The molecule has 1 saturated heterocycles. The van der Waals surface area contributed by atoms with E-state index in [1.54, 1.807) is 0 Å². The van der Waals surface area contributed by atoms with Gasteiger partial charge in [-0.15, -0.1) is 0 Å². The lowest BCUT2D eigenvalue weighted by Gasteiger charge is -2.47. The number of aliphatic hydroxyl groups excluding tert-OH is 3. The molecule has 44 heavy (non-hydrogen) atoms. The third kappa shape index (κ3) is 6.51. The van der Waals surface area contributed by atoms with E-state index >= 15 is 0 Å². The highest BCUT2D eigenvalue weighted by Crippen LogP contribution is 2.31. The minimum absolute atomic E-state index is 0.180. The van der Waals surface area contributed by atoms with Crippen molar-refractivity contribution in [2.45, 2.75) is 80.7 Å². The van der Waals surface area contributed by atoms with Crippen LogP contribution in [0.25, 0.3) is 21.5 Å². The molecule has 6 rings (SSSR count). The standard InChI is InChI=1S/C34H41N3O7/c35-25-15-26(36)31(33(29(25)39)42-18-20-10-12-22-6-2-4-8-24(22)14-20)44-34-28(37)32(30(40)27(16-38)43-34)41-17-19-9-11-21-5-1-3-7-23(21)13-19/h1-14,25-34,38-40H,15-18,35-37H2/t25-,26?,27?,28?,29?,30+,31+,32-,33-,34+/m1/s1. The molecule has 1 saturated carbocycles. The molecule has 10 atom stereocenters. The van der Waals surface area contributed by atoms with Crippen molar-refractivity contribution >= 4 is 21.5 Å². The van der Waals surface area contributed by atoms with E-state index in [2.05, 4.69) is 0 Å². The second-order valence-electron chi connectivity index (χ2n) is 11.9. The third-order valence-electron chi connectivity index (χ3n) is 8.77. The number of ether oxygens (including phenoxy) is 4. The van der Waals surface area contributed by atoms with Crippen LogP contribution in [0.2, 0.25) is 0 Å². The van der Waals surface area contributed by atoms with Crippen LogP contribution in [0.4, 0.5) is 0 Å². The Kier molecular flexibility index (Phi) is 9.55. The highest BCUT2D eigenvalue weighted by molar-refractivity contribution is 5.83. The van der Waals surface area contributed by atoms with Crippen LogP contribution in [0.5, 0.6) is 0 Å². The molecule has 2 aliphatic rings. The Bertz CT molecular complexity index is 1560. The second kappa shape index (κ2) is 13.6. The van der Waals surface area contributed by atoms with Crippen molar-refractivity contribution in [3.8, 4) is 0 Å². The highest BCUT2D eigenvalue weighted by Gasteiger charge is 2.49. The van der Waals surface area contributed by atoms with Gasteiger partial charge in [-0.05, 0) is 51.2 Å². The minimum Gasteiger partial charge on any atom is -0.394 e. The number of hydrogen-bond donors (Lipinski definition) is 6. The summed E-state index contributed by atoms with van der Waals surface area (Å²) in [6.45, 7) is -0.103. The molecule has 0 bridgehead atoms. The Balaban J connectivity index is 1.17. The van der Waals surface area contributed by atoms with Gasteiger partial charge in [0.15, 0.2) is 6.29 Å². The minimum atomic E-state index is -1.20. The predicted molar refractivity (Wildman–Crippen MR) is 166 cm³/mol. The summed E-state index contributed by atoms with van der Waals surface area (Å²) in [5.74, 6) is 0. The van der Waals surface area contributed by atoms with Crippen molar-refractivity contribution in [3.63, 3.8) is 0 Å². The Morgan fingerprint density at radius 3 is 1.77 bits per heavy atom. The number of nitrogens with two attached hydrogens (primary N) is 3. The summed E-state index contributed by atoms with van der Waals surface area (Å²) in [6, 6.07) is 25.9. The van der Waals surface area contributed by atoms with Crippen molar-refractivity contribution in [2.24, 2.45) is 17.2 Å². The van der Waals surface area contributed by atoms with E-state index < -0.39 is 67.6 Å². The maximum absolute atomic E-state index is 11.1. The van der Waals surface area contributed by atoms with Gasteiger partial charge in [-0.3, -0.25) is 0 Å². The predicted octanol–water partition coefficient (Wildman–Crippen LogP) is 1.67. The largest absolute Gasteiger partial charge is 0.394 e. The molecule has 1 aliphatic heterocycles. The number of fused-ring (bicyclic) bond motifs is 2. The number of aliphatic hydroxyl groups is 3. The van der Waals surface area contributed by atoms with Crippen LogP contribution in [0.1, 0.15) is 17.5 Å². The molecule has 2 fully saturated rings. The molecule has 234 valence electrons. The topological polar surface area (TPSA) is 176 Å². The normalized spacial score (nSPS) is 32.7. The van der Waals surface area contributed by atoms with Crippen LogP contribution in [-0.4, -0.2) is 83.0 Å². The zero-order valence-electron chi connectivity index (χ0n) is 24.4. The summed E-state index contributed by atoms with van der Waals surface area (Å²) in [4.78, 5) is 0. The first-order chi connectivity index (χ1) is 21.3. The lowest BCUT2D eigenvalue weighted by atomic mass is 9.84. The Morgan fingerprint density at radius 1 is 0.659 bits per heavy atom. The molecule has 4 unspecified atom stereocenters. The van der Waals surface area contributed by atoms with Crippen molar-refractivity contribution in [1.29, 1.82) is 0 Å². The van der Waals surface area contributed by atoms with E-state index in [1.165, 1.54) is 0 Å². The molecule has 0 aromatic heterocycles. The monoisotopic (exact) mass is 603 g/mol. The van der Waals surface area contributed by atoms with E-state index in [4.69, 9.17) is 36.1 Å². The average molecular weight is 604 g/mol. The van der Waals surface area contributed by atoms with Crippen LogP contribution in [0.3, 0.4) is 0 Å². The van der Waals surface area contributed by atoms with Gasteiger partial charge in [-0.1, -0.05) is 72.8 Å². The first-order valence-corrected chi connectivity index (χ1v) is 15.1. The number of rotatable bonds is 9. The fraction of sp³-hybridized carbons (Fsp3) is 0.412. The van der Waals surface area contributed by atoms with E-state index in [0.717, 1.165) is 32.7 Å². The van der Waals surface area contributed by atoms with E-state index in [1.807, 2.05) is 84.9 Å². The van der Waals surface area contributed by atoms with Crippen molar-refractivity contribution in [1.82, 2.24) is 0 Å². The maximum Gasteiger partial charge on any atom is 0.176 e. The molecular weight excluding hydrogens is 562 g/mol. The van der Waals surface area contributed by atoms with Gasteiger partial charge in [-0.2, -0.15) is 0 Å². The van der Waals surface area contributed by atoms with Gasteiger partial charge in [0.1, 0.15) is 30.5 Å². The fourth-order valence-corrected chi connectivity index (χ4v) is 6.26. The molecule has 4 aromatic rings. The summed E-state index contributed by atoms with van der Waals surface area (Å²) in [5.41, 5.74) is 21.2. The van der Waals surface area contributed by atoms with Gasteiger partial charge in [-0.25, -0.2) is 0 Å². The zero-order chi connectivity index (χ0) is 30.8. The first kappa shape index (κ1) is 31.0. The summed E-state index contributed by atoms with van der Waals surface area (Å²) in [7, 11) is 0. The number of hydrogen-bond acceptors (Lipinski definition) is 10. The highest BCUT2D eigenvalue weighted by atomic mass is 16.7. The van der Waals surface area contributed by atoms with Crippen LogP contribution in [-0.2, 0) is 32.2 Å². The summed E-state index contributed by atoms with van der Waals surface area (Å²) < 4.78 is 24.7. The third-order valence-corrected chi connectivity index (χ3v) is 8.77. The van der Waals surface area contributed by atoms with E-state index in [9.17, 15) is 15.3 Å². The summed E-state index contributed by atoms with van der Waals surface area (Å²) in [5, 5.41) is 36.4. The lowest BCUT2D eigenvalue weighted by Crippen LogP contribution is -2.67. The fourth-order valence-electron chi connectivity index (χ4n) is 6.26. The molecule has 0 radical (unpaired) electrons. The van der Waals surface area contributed by atoms with Crippen molar-refractivity contribution in [2.75, 3.05) is 6.61 Å².